The van der Waals surface area contributed by atoms with E-state index in [0.29, 0.717) is 31.1 Å². The highest BCUT2D eigenvalue weighted by atomic mass is 16.5. The van der Waals surface area contributed by atoms with Crippen LogP contribution in [0.4, 0.5) is 11.4 Å². The predicted molar refractivity (Wildman–Crippen MR) is 80.8 cm³/mol. The van der Waals surface area contributed by atoms with Crippen molar-refractivity contribution in [2.45, 2.75) is 6.54 Å². The van der Waals surface area contributed by atoms with Crippen LogP contribution in [0.5, 0.6) is 5.75 Å². The number of para-hydroxylation sites is 1. The van der Waals surface area contributed by atoms with E-state index in [4.69, 9.17) is 10.5 Å². The van der Waals surface area contributed by atoms with Crippen LogP contribution in [0.15, 0.2) is 42.5 Å². The number of anilines is 2. The minimum absolute atomic E-state index is 0.217. The van der Waals surface area contributed by atoms with Gasteiger partial charge in [-0.05, 0) is 24.3 Å². The molecule has 1 heterocycles. The maximum Gasteiger partial charge on any atom is 0.337 e. The molecule has 2 aromatic rings. The monoisotopic (exact) mass is 284 g/mol. The number of rotatable bonds is 2. The summed E-state index contributed by atoms with van der Waals surface area (Å²) in [6.07, 6.45) is 0. The van der Waals surface area contributed by atoms with E-state index in [1.807, 2.05) is 29.2 Å². The third-order valence-electron chi connectivity index (χ3n) is 3.54. The van der Waals surface area contributed by atoms with Gasteiger partial charge in [0.25, 0.3) is 0 Å². The normalized spacial score (nSPS) is 14.0. The molecule has 1 aliphatic rings. The zero-order valence-electron chi connectivity index (χ0n) is 11.5. The number of carbonyl (C=O) groups is 1. The summed E-state index contributed by atoms with van der Waals surface area (Å²) < 4.78 is 5.71. The van der Waals surface area contributed by atoms with Crippen LogP contribution in [0.2, 0.25) is 0 Å². The van der Waals surface area contributed by atoms with Crippen LogP contribution in [0.25, 0.3) is 0 Å². The Morgan fingerprint density at radius 1 is 1.24 bits per heavy atom. The minimum atomic E-state index is -0.976. The van der Waals surface area contributed by atoms with Gasteiger partial charge in [0.2, 0.25) is 0 Å². The second-order valence-electron chi connectivity index (χ2n) is 4.96. The summed E-state index contributed by atoms with van der Waals surface area (Å²) in [5, 5.41) is 9.37. The van der Waals surface area contributed by atoms with Gasteiger partial charge in [0.1, 0.15) is 12.4 Å². The Morgan fingerprint density at radius 2 is 2.05 bits per heavy atom. The topological polar surface area (TPSA) is 75.8 Å². The van der Waals surface area contributed by atoms with Gasteiger partial charge in [-0.25, -0.2) is 4.79 Å². The maximum atomic E-state index is 11.4. The maximum absolute atomic E-state index is 11.4. The number of nitrogens with zero attached hydrogens (tertiary/aromatic N) is 1. The van der Waals surface area contributed by atoms with Gasteiger partial charge in [0.15, 0.2) is 0 Å². The lowest BCUT2D eigenvalue weighted by Gasteiger charge is -2.24. The number of carboxylic acids is 1. The van der Waals surface area contributed by atoms with E-state index >= 15 is 0 Å². The van der Waals surface area contributed by atoms with Gasteiger partial charge in [0.05, 0.1) is 17.8 Å². The first-order valence-electron chi connectivity index (χ1n) is 6.73. The van der Waals surface area contributed by atoms with Crippen molar-refractivity contribution in [3.05, 3.63) is 53.6 Å². The van der Waals surface area contributed by atoms with Crippen molar-refractivity contribution in [2.24, 2.45) is 0 Å². The Balaban J connectivity index is 2.00. The Bertz CT molecular complexity index is 685. The lowest BCUT2D eigenvalue weighted by atomic mass is 10.1. The summed E-state index contributed by atoms with van der Waals surface area (Å²) >= 11 is 0. The van der Waals surface area contributed by atoms with Gasteiger partial charge >= 0.3 is 5.97 Å². The van der Waals surface area contributed by atoms with E-state index in [0.717, 1.165) is 11.3 Å². The molecule has 0 spiro atoms. The standard InChI is InChI=1S/C16H16N2O3/c17-12-5-6-14(13(9-12)16(19)20)18-7-8-21-15-4-2-1-3-11(15)10-18/h1-6,9H,7-8,10,17H2,(H,19,20). The zero-order valence-corrected chi connectivity index (χ0v) is 11.5. The predicted octanol–water partition coefficient (Wildman–Crippen LogP) is 2.37. The largest absolute Gasteiger partial charge is 0.491 e. The Kier molecular flexibility index (Phi) is 3.39. The number of aromatic carboxylic acids is 1. The number of benzene rings is 2. The quantitative estimate of drug-likeness (QED) is 0.828. The van der Waals surface area contributed by atoms with Gasteiger partial charge in [-0.15, -0.1) is 0 Å². The van der Waals surface area contributed by atoms with Crippen molar-refractivity contribution in [1.82, 2.24) is 0 Å². The first-order chi connectivity index (χ1) is 10.1. The fraction of sp³-hybridized carbons (Fsp3) is 0.188. The summed E-state index contributed by atoms with van der Waals surface area (Å²) in [6.45, 7) is 1.75. The molecule has 1 aliphatic heterocycles. The number of nitrogen functional groups attached to an aromatic ring is 1. The van der Waals surface area contributed by atoms with Crippen LogP contribution >= 0.6 is 0 Å². The Hall–Kier alpha value is -2.69. The highest BCUT2D eigenvalue weighted by Gasteiger charge is 2.20. The number of ether oxygens (including phenoxy) is 1. The van der Waals surface area contributed by atoms with Gasteiger partial charge in [0, 0.05) is 17.8 Å². The number of nitrogens with two attached hydrogens (primary N) is 1. The lowest BCUT2D eigenvalue weighted by Crippen LogP contribution is -2.27. The average Bonchev–Trinajstić information content (AvgIpc) is 2.69. The first-order valence-corrected chi connectivity index (χ1v) is 6.73. The fourth-order valence-electron chi connectivity index (χ4n) is 2.53. The van der Waals surface area contributed by atoms with Gasteiger partial charge in [-0.1, -0.05) is 18.2 Å². The van der Waals surface area contributed by atoms with Crippen LogP contribution in [0.1, 0.15) is 15.9 Å². The zero-order chi connectivity index (χ0) is 14.8. The molecule has 0 amide bonds. The molecule has 0 saturated carbocycles. The van der Waals surface area contributed by atoms with Crippen LogP contribution in [-0.4, -0.2) is 24.2 Å². The molecule has 5 nitrogen and oxygen atoms in total. The van der Waals surface area contributed by atoms with Crippen LogP contribution in [0.3, 0.4) is 0 Å². The number of hydrogen-bond acceptors (Lipinski definition) is 4. The van der Waals surface area contributed by atoms with E-state index in [2.05, 4.69) is 0 Å². The second kappa shape index (κ2) is 5.36. The summed E-state index contributed by atoms with van der Waals surface area (Å²) in [7, 11) is 0. The van der Waals surface area contributed by atoms with E-state index in [-0.39, 0.29) is 5.56 Å². The molecular weight excluding hydrogens is 268 g/mol. The molecule has 3 N–H and O–H groups in total. The third-order valence-corrected chi connectivity index (χ3v) is 3.54. The Labute approximate surface area is 122 Å². The van der Waals surface area contributed by atoms with Gasteiger partial charge < -0.3 is 20.5 Å². The molecule has 0 bridgehead atoms. The molecule has 3 rings (SSSR count). The molecule has 0 saturated heterocycles. The molecule has 5 heteroatoms. The molecule has 0 atom stereocenters. The first kappa shape index (κ1) is 13.3. The smallest absolute Gasteiger partial charge is 0.337 e. The van der Waals surface area contributed by atoms with Crippen molar-refractivity contribution in [2.75, 3.05) is 23.8 Å². The number of hydrogen-bond donors (Lipinski definition) is 2. The summed E-state index contributed by atoms with van der Waals surface area (Å²) in [5.74, 6) is -0.122. The molecule has 0 unspecified atom stereocenters. The van der Waals surface area contributed by atoms with E-state index < -0.39 is 5.97 Å². The van der Waals surface area contributed by atoms with E-state index in [1.165, 1.54) is 6.07 Å². The van der Waals surface area contributed by atoms with Crippen LogP contribution in [-0.2, 0) is 6.54 Å². The molecule has 0 aromatic heterocycles. The molecular formula is C16H16N2O3. The fourth-order valence-corrected chi connectivity index (χ4v) is 2.53. The van der Waals surface area contributed by atoms with Gasteiger partial charge in [-0.3, -0.25) is 0 Å². The van der Waals surface area contributed by atoms with Crippen molar-refractivity contribution < 1.29 is 14.6 Å². The molecule has 108 valence electrons. The Morgan fingerprint density at radius 3 is 2.86 bits per heavy atom. The van der Waals surface area contributed by atoms with Crippen molar-refractivity contribution in [3.8, 4) is 5.75 Å². The highest BCUT2D eigenvalue weighted by Crippen LogP contribution is 2.29. The molecule has 0 fully saturated rings. The van der Waals surface area contributed by atoms with Gasteiger partial charge in [-0.2, -0.15) is 0 Å². The summed E-state index contributed by atoms with van der Waals surface area (Å²) in [6, 6.07) is 12.8. The summed E-state index contributed by atoms with van der Waals surface area (Å²) in [5.41, 5.74) is 8.07. The SMILES string of the molecule is Nc1ccc(N2CCOc3ccccc3C2)c(C(=O)O)c1. The molecule has 0 radical (unpaired) electrons. The van der Waals surface area contributed by atoms with E-state index in [9.17, 15) is 9.90 Å². The van der Waals surface area contributed by atoms with Crippen LogP contribution in [0, 0.1) is 0 Å². The highest BCUT2D eigenvalue weighted by molar-refractivity contribution is 5.95. The van der Waals surface area contributed by atoms with Crippen LogP contribution < -0.4 is 15.4 Å². The number of fused-ring (bicyclic) bond motifs is 1. The minimum Gasteiger partial charge on any atom is -0.491 e. The third kappa shape index (κ3) is 2.63. The van der Waals surface area contributed by atoms with Crippen molar-refractivity contribution in [1.29, 1.82) is 0 Å². The van der Waals surface area contributed by atoms with Crippen molar-refractivity contribution in [3.63, 3.8) is 0 Å². The lowest BCUT2D eigenvalue weighted by molar-refractivity contribution is 0.0697. The molecule has 0 aliphatic carbocycles. The average molecular weight is 284 g/mol. The number of carboxylic acid groups (broad SMARTS) is 1. The summed E-state index contributed by atoms with van der Waals surface area (Å²) in [4.78, 5) is 13.4. The second-order valence-corrected chi connectivity index (χ2v) is 4.96. The van der Waals surface area contributed by atoms with E-state index in [1.54, 1.807) is 12.1 Å². The van der Waals surface area contributed by atoms with Crippen molar-refractivity contribution >= 4 is 17.3 Å². The molecule has 2 aromatic carbocycles. The molecule has 21 heavy (non-hydrogen) atoms.